The molecule has 4 aromatic heterocycles. The molecular formula is C15H13ClFN9O3. The molecule has 0 fully saturated rings. The minimum Gasteiger partial charge on any atom is -0.483 e. The Morgan fingerprint density at radius 2 is 2.10 bits per heavy atom. The smallest absolute Gasteiger partial charge is 0.290 e. The van der Waals surface area contributed by atoms with Gasteiger partial charge in [-0.2, -0.15) is 19.4 Å². The first-order valence-electron chi connectivity index (χ1n) is 7.89. The van der Waals surface area contributed by atoms with Crippen LogP contribution in [0.15, 0.2) is 18.3 Å². The zero-order valence-electron chi connectivity index (χ0n) is 15.0. The predicted octanol–water partition coefficient (Wildman–Crippen LogP) is 1.40. The lowest BCUT2D eigenvalue weighted by atomic mass is 10.3. The molecule has 0 aromatic carbocycles. The number of carboxylic acid groups (broad SMARTS) is 1. The molecule has 1 amide bonds. The molecule has 4 rings (SSSR count). The normalized spacial score (nSPS) is 10.5. The predicted molar refractivity (Wildman–Crippen MR) is 97.6 cm³/mol. The van der Waals surface area contributed by atoms with Gasteiger partial charge in [0.15, 0.2) is 5.69 Å². The van der Waals surface area contributed by atoms with Crippen molar-refractivity contribution in [2.24, 2.45) is 0 Å². The Morgan fingerprint density at radius 1 is 1.38 bits per heavy atom. The van der Waals surface area contributed by atoms with Gasteiger partial charge in [0.1, 0.15) is 5.65 Å². The van der Waals surface area contributed by atoms with Crippen molar-refractivity contribution < 1.29 is 19.1 Å². The zero-order valence-corrected chi connectivity index (χ0v) is 15.7. The number of aromatic amines is 1. The monoisotopic (exact) mass is 421 g/mol. The Hall–Kier alpha value is -3.87. The largest absolute Gasteiger partial charge is 0.483 e. The summed E-state index contributed by atoms with van der Waals surface area (Å²) in [6.45, 7) is 3.16. The van der Waals surface area contributed by atoms with E-state index in [1.165, 1.54) is 16.9 Å². The van der Waals surface area contributed by atoms with E-state index in [1.54, 1.807) is 19.9 Å². The van der Waals surface area contributed by atoms with Crippen LogP contribution < -0.4 is 5.32 Å². The molecule has 0 aliphatic carbocycles. The number of amides is 1. The summed E-state index contributed by atoms with van der Waals surface area (Å²) in [4.78, 5) is 24.9. The van der Waals surface area contributed by atoms with Crippen LogP contribution in [0.2, 0.25) is 5.02 Å². The number of carbonyl (C=O) groups excluding carboxylic acids is 1. The van der Waals surface area contributed by atoms with Gasteiger partial charge in [-0.15, -0.1) is 5.10 Å². The van der Waals surface area contributed by atoms with E-state index in [1.807, 2.05) is 0 Å². The summed E-state index contributed by atoms with van der Waals surface area (Å²) in [6.07, 6.45) is 1.35. The Balaban J connectivity index is 0.000000755. The van der Waals surface area contributed by atoms with E-state index in [0.29, 0.717) is 22.1 Å². The summed E-state index contributed by atoms with van der Waals surface area (Å²) >= 11 is 5.86. The van der Waals surface area contributed by atoms with Crippen molar-refractivity contribution in [1.82, 2.24) is 39.8 Å². The molecule has 0 spiro atoms. The summed E-state index contributed by atoms with van der Waals surface area (Å²) < 4.78 is 17.0. The van der Waals surface area contributed by atoms with Gasteiger partial charge in [0.05, 0.1) is 22.1 Å². The van der Waals surface area contributed by atoms with E-state index < -0.39 is 11.9 Å². The first-order chi connectivity index (χ1) is 13.9. The van der Waals surface area contributed by atoms with E-state index in [-0.39, 0.29) is 23.8 Å². The fourth-order valence-electron chi connectivity index (χ4n) is 2.57. The third-order valence-electron chi connectivity index (χ3n) is 3.79. The van der Waals surface area contributed by atoms with Crippen LogP contribution in [-0.4, -0.2) is 57.3 Å². The second kappa shape index (κ2) is 8.02. The molecule has 4 heterocycles. The molecule has 0 saturated carbocycles. The second-order valence-electron chi connectivity index (χ2n) is 5.56. The maximum absolute atomic E-state index is 14.5. The number of rotatable bonds is 3. The topological polar surface area (TPSA) is 156 Å². The second-order valence-corrected chi connectivity index (χ2v) is 5.99. The van der Waals surface area contributed by atoms with Crippen molar-refractivity contribution in [3.05, 3.63) is 46.4 Å². The van der Waals surface area contributed by atoms with Crippen LogP contribution in [-0.2, 0) is 4.79 Å². The lowest BCUT2D eigenvalue weighted by molar-refractivity contribution is -0.122. The van der Waals surface area contributed by atoms with Gasteiger partial charge >= 0.3 is 0 Å². The molecule has 0 bridgehead atoms. The van der Waals surface area contributed by atoms with Crippen LogP contribution in [0.25, 0.3) is 11.6 Å². The fraction of sp³-hybridized carbons (Fsp3) is 0.133. The third-order valence-corrected chi connectivity index (χ3v) is 4.02. The Kier molecular flexibility index (Phi) is 5.50. The summed E-state index contributed by atoms with van der Waals surface area (Å²) in [5, 5.41) is 27.6. The SMILES string of the molecule is Cc1nn(-c2nn[nH]n2)c(C)c1NC(=O)c1nc2ccc(Cl)cn2c1F.O=CO. The molecule has 0 atom stereocenters. The molecule has 0 aliphatic rings. The number of anilines is 1. The number of halogens is 2. The summed E-state index contributed by atoms with van der Waals surface area (Å²) in [6, 6.07) is 3.08. The average Bonchev–Trinajstić information content (AvgIpc) is 3.38. The molecule has 150 valence electrons. The minimum atomic E-state index is -0.805. The Bertz CT molecular complexity index is 1190. The van der Waals surface area contributed by atoms with Gasteiger partial charge in [-0.3, -0.25) is 14.0 Å². The van der Waals surface area contributed by atoms with E-state index in [0.717, 1.165) is 4.40 Å². The lowest BCUT2D eigenvalue weighted by Gasteiger charge is -2.04. The lowest BCUT2D eigenvalue weighted by Crippen LogP contribution is -2.15. The number of nitrogens with one attached hydrogen (secondary N) is 2. The highest BCUT2D eigenvalue weighted by Gasteiger charge is 2.23. The first-order valence-corrected chi connectivity index (χ1v) is 8.27. The van der Waals surface area contributed by atoms with Crippen LogP contribution >= 0.6 is 11.6 Å². The molecule has 0 radical (unpaired) electrons. The van der Waals surface area contributed by atoms with Crippen LogP contribution in [0, 0.1) is 19.8 Å². The van der Waals surface area contributed by atoms with E-state index in [9.17, 15) is 9.18 Å². The van der Waals surface area contributed by atoms with Crippen molar-refractivity contribution in [3.8, 4) is 5.95 Å². The standard InChI is InChI=1S/C14H11ClFN9O.CH2O2/c1-6-10(7(2)25(21-6)14-19-22-23-20-14)18-13(26)11-12(16)24-5-8(15)3-4-9(24)17-11;2-1-3/h3-5H,1-2H3,(H,18,26)(H,19,20,22,23);1H,(H,2,3). The highest BCUT2D eigenvalue weighted by Crippen LogP contribution is 2.23. The minimum absolute atomic E-state index is 0.222. The van der Waals surface area contributed by atoms with Gasteiger partial charge in [0.2, 0.25) is 5.95 Å². The Morgan fingerprint density at radius 3 is 2.76 bits per heavy atom. The number of aryl methyl sites for hydroxylation is 1. The molecule has 0 unspecified atom stereocenters. The quantitative estimate of drug-likeness (QED) is 0.419. The molecule has 3 N–H and O–H groups in total. The molecule has 4 aromatic rings. The van der Waals surface area contributed by atoms with Crippen molar-refractivity contribution in [3.63, 3.8) is 0 Å². The van der Waals surface area contributed by atoms with Crippen molar-refractivity contribution in [2.45, 2.75) is 13.8 Å². The van der Waals surface area contributed by atoms with Gasteiger partial charge in [0, 0.05) is 6.20 Å². The molecule has 0 aliphatic heterocycles. The number of H-pyrrole nitrogens is 1. The average molecular weight is 422 g/mol. The summed E-state index contributed by atoms with van der Waals surface area (Å²) in [5.41, 5.74) is 1.40. The fourth-order valence-corrected chi connectivity index (χ4v) is 2.73. The highest BCUT2D eigenvalue weighted by molar-refractivity contribution is 6.30. The van der Waals surface area contributed by atoms with Gasteiger partial charge in [0.25, 0.3) is 18.3 Å². The number of hydrogen-bond acceptors (Lipinski definition) is 7. The number of fused-ring (bicyclic) bond motifs is 1. The van der Waals surface area contributed by atoms with Gasteiger partial charge in [-0.05, 0) is 31.2 Å². The van der Waals surface area contributed by atoms with Crippen molar-refractivity contribution in [1.29, 1.82) is 0 Å². The van der Waals surface area contributed by atoms with E-state index in [2.05, 4.69) is 36.0 Å². The number of pyridine rings is 1. The van der Waals surface area contributed by atoms with Gasteiger partial charge in [-0.25, -0.2) is 4.98 Å². The maximum Gasteiger partial charge on any atom is 0.290 e. The number of nitrogens with zero attached hydrogens (tertiary/aromatic N) is 7. The Labute approximate surface area is 166 Å². The third kappa shape index (κ3) is 3.75. The van der Waals surface area contributed by atoms with Gasteiger partial charge < -0.3 is 10.4 Å². The van der Waals surface area contributed by atoms with Crippen LogP contribution in [0.3, 0.4) is 0 Å². The van der Waals surface area contributed by atoms with Crippen molar-refractivity contribution in [2.75, 3.05) is 5.32 Å². The number of aromatic nitrogens is 8. The number of imidazole rings is 1. The first kappa shape index (κ1) is 19.9. The number of hydrogen-bond donors (Lipinski definition) is 3. The molecule has 14 heteroatoms. The van der Waals surface area contributed by atoms with Crippen LogP contribution in [0.4, 0.5) is 10.1 Å². The van der Waals surface area contributed by atoms with E-state index in [4.69, 9.17) is 21.5 Å². The highest BCUT2D eigenvalue weighted by atomic mass is 35.5. The van der Waals surface area contributed by atoms with Crippen molar-refractivity contribution >= 4 is 35.3 Å². The van der Waals surface area contributed by atoms with Crippen LogP contribution in [0.5, 0.6) is 0 Å². The maximum atomic E-state index is 14.5. The molecular weight excluding hydrogens is 409 g/mol. The molecule has 29 heavy (non-hydrogen) atoms. The van der Waals surface area contributed by atoms with Crippen LogP contribution in [0.1, 0.15) is 21.9 Å². The molecule has 0 saturated heterocycles. The zero-order chi connectivity index (χ0) is 21.1. The summed E-state index contributed by atoms with van der Waals surface area (Å²) in [7, 11) is 0. The number of carbonyl (C=O) groups is 2. The molecule has 12 nitrogen and oxygen atoms in total. The number of tetrazole rings is 1. The van der Waals surface area contributed by atoms with Gasteiger partial charge in [-0.1, -0.05) is 16.7 Å². The van der Waals surface area contributed by atoms with E-state index >= 15 is 0 Å². The summed E-state index contributed by atoms with van der Waals surface area (Å²) in [5.74, 6) is -1.29.